The Kier molecular flexibility index (Phi) is 29.3. The summed E-state index contributed by atoms with van der Waals surface area (Å²) in [5, 5.41) is 7.42. The Labute approximate surface area is 204 Å². The maximum Gasteiger partial charge on any atom is 0.472 e. The number of carboxylic acid groups (broad SMARTS) is 1. The smallest absolute Gasteiger partial charge is 0.472 e. The predicted octanol–water partition coefficient (Wildman–Crippen LogP) is 9.05. The number of phosphoric ester groups is 1. The highest BCUT2D eigenvalue weighted by atomic mass is 31.2. The molecule has 0 atom stereocenters. The third-order valence-electron chi connectivity index (χ3n) is 5.50. The standard InChI is InChI=1S/C24H51O4P.C2H4O2/c1-3-5-7-9-11-13-15-17-19-21-23-27-29(25,26)28-24-22-20-18-16-14-12-10-8-6-4-2;1-2(3)4/h3-24H2,1-2H3,(H,25,26);1H3,(H,3,4). The van der Waals surface area contributed by atoms with Gasteiger partial charge in [-0.1, -0.05) is 129 Å². The number of hydrogen-bond donors (Lipinski definition) is 2. The molecule has 6 nitrogen and oxygen atoms in total. The number of unbranched alkanes of at least 4 members (excludes halogenated alkanes) is 18. The average molecular weight is 495 g/mol. The molecular weight excluding hydrogens is 439 g/mol. The lowest BCUT2D eigenvalue weighted by molar-refractivity contribution is -0.134. The van der Waals surface area contributed by atoms with Crippen LogP contribution in [0.1, 0.15) is 149 Å². The highest BCUT2D eigenvalue weighted by Crippen LogP contribution is 2.43. The maximum absolute atomic E-state index is 11.8. The number of carbonyl (C=O) groups is 1. The van der Waals surface area contributed by atoms with Gasteiger partial charge in [-0.2, -0.15) is 0 Å². The van der Waals surface area contributed by atoms with Gasteiger partial charge in [-0.05, 0) is 12.8 Å². The first-order chi connectivity index (χ1) is 15.9. The van der Waals surface area contributed by atoms with Gasteiger partial charge >= 0.3 is 7.82 Å². The summed E-state index contributed by atoms with van der Waals surface area (Å²) in [6, 6.07) is 0. The zero-order chi connectivity index (χ0) is 25.0. The van der Waals surface area contributed by atoms with E-state index < -0.39 is 13.8 Å². The van der Waals surface area contributed by atoms with E-state index in [0.717, 1.165) is 32.6 Å². The highest BCUT2D eigenvalue weighted by molar-refractivity contribution is 7.47. The minimum Gasteiger partial charge on any atom is -0.481 e. The summed E-state index contributed by atoms with van der Waals surface area (Å²) in [5.41, 5.74) is 0. The van der Waals surface area contributed by atoms with Crippen molar-refractivity contribution < 1.29 is 28.4 Å². The van der Waals surface area contributed by atoms with Crippen LogP contribution in [0.4, 0.5) is 0 Å². The summed E-state index contributed by atoms with van der Waals surface area (Å²) in [4.78, 5) is 18.7. The first-order valence-corrected chi connectivity index (χ1v) is 15.2. The first kappa shape index (κ1) is 34.7. The molecule has 0 aromatic rings. The molecule has 2 N–H and O–H groups in total. The number of rotatable bonds is 24. The molecule has 0 amide bonds. The lowest BCUT2D eigenvalue weighted by Gasteiger charge is -2.12. The van der Waals surface area contributed by atoms with Crippen molar-refractivity contribution in [1.29, 1.82) is 0 Å². The van der Waals surface area contributed by atoms with Crippen molar-refractivity contribution in [2.75, 3.05) is 13.2 Å². The average Bonchev–Trinajstić information content (AvgIpc) is 2.75. The van der Waals surface area contributed by atoms with Gasteiger partial charge in [0.05, 0.1) is 13.2 Å². The molecule has 0 aliphatic heterocycles. The summed E-state index contributed by atoms with van der Waals surface area (Å²) < 4.78 is 22.0. The van der Waals surface area contributed by atoms with Gasteiger partial charge in [-0.15, -0.1) is 0 Å². The quantitative estimate of drug-likeness (QED) is 0.103. The SMILES string of the molecule is CC(=O)O.CCCCCCCCCCCCOP(=O)(O)OCCCCCCCCCCCC. The van der Waals surface area contributed by atoms with Crippen molar-refractivity contribution in [3.63, 3.8) is 0 Å². The van der Waals surface area contributed by atoms with Crippen LogP contribution in [0.15, 0.2) is 0 Å². The Morgan fingerprint density at radius 3 is 1.03 bits per heavy atom. The highest BCUT2D eigenvalue weighted by Gasteiger charge is 2.19. The molecule has 0 heterocycles. The van der Waals surface area contributed by atoms with Gasteiger partial charge in [-0.3, -0.25) is 13.8 Å². The number of aliphatic carboxylic acids is 1. The molecule has 0 unspecified atom stereocenters. The van der Waals surface area contributed by atoms with Gasteiger partial charge in [0.1, 0.15) is 0 Å². The molecule has 200 valence electrons. The van der Waals surface area contributed by atoms with Crippen molar-refractivity contribution in [1.82, 2.24) is 0 Å². The topological polar surface area (TPSA) is 93.1 Å². The number of hydrogen-bond acceptors (Lipinski definition) is 4. The van der Waals surface area contributed by atoms with Crippen LogP contribution >= 0.6 is 7.82 Å². The number of carboxylic acids is 1. The second-order valence-electron chi connectivity index (χ2n) is 9.02. The minimum atomic E-state index is -3.85. The molecule has 0 saturated carbocycles. The van der Waals surface area contributed by atoms with Gasteiger partial charge in [-0.25, -0.2) is 4.57 Å². The number of phosphoric acid groups is 1. The fraction of sp³-hybridized carbons (Fsp3) is 0.962. The van der Waals surface area contributed by atoms with E-state index in [4.69, 9.17) is 18.9 Å². The van der Waals surface area contributed by atoms with Crippen LogP contribution in [0.2, 0.25) is 0 Å². The van der Waals surface area contributed by atoms with Crippen LogP contribution in [-0.2, 0) is 18.4 Å². The summed E-state index contributed by atoms with van der Waals surface area (Å²) in [6.45, 7) is 6.22. The van der Waals surface area contributed by atoms with Crippen molar-refractivity contribution in [3.8, 4) is 0 Å². The summed E-state index contributed by atoms with van der Waals surface area (Å²) in [5.74, 6) is -0.833. The van der Waals surface area contributed by atoms with E-state index in [1.165, 1.54) is 103 Å². The summed E-state index contributed by atoms with van der Waals surface area (Å²) in [7, 11) is -3.85. The molecule has 0 rings (SSSR count). The van der Waals surface area contributed by atoms with E-state index >= 15 is 0 Å². The second kappa shape index (κ2) is 27.8. The Bertz CT molecular complexity index is 410. The van der Waals surface area contributed by atoms with Crippen molar-refractivity contribution in [2.45, 2.75) is 149 Å². The van der Waals surface area contributed by atoms with Crippen LogP contribution in [0, 0.1) is 0 Å². The molecule has 0 aromatic carbocycles. The van der Waals surface area contributed by atoms with E-state index in [-0.39, 0.29) is 0 Å². The van der Waals surface area contributed by atoms with E-state index in [1.807, 2.05) is 0 Å². The van der Waals surface area contributed by atoms with Crippen LogP contribution in [0.3, 0.4) is 0 Å². The summed E-state index contributed by atoms with van der Waals surface area (Å²) in [6.07, 6.45) is 24.8. The molecule has 0 fully saturated rings. The molecule has 0 saturated heterocycles. The van der Waals surface area contributed by atoms with Crippen LogP contribution in [-0.4, -0.2) is 29.2 Å². The Morgan fingerprint density at radius 1 is 0.576 bits per heavy atom. The van der Waals surface area contributed by atoms with Gasteiger partial charge in [0.25, 0.3) is 5.97 Å². The molecule has 33 heavy (non-hydrogen) atoms. The molecule has 0 aliphatic carbocycles. The molecule has 0 aliphatic rings. The Morgan fingerprint density at radius 2 is 0.788 bits per heavy atom. The second-order valence-corrected chi connectivity index (χ2v) is 10.5. The third kappa shape index (κ3) is 36.3. The van der Waals surface area contributed by atoms with Gasteiger partial charge in [0, 0.05) is 6.92 Å². The molecule has 0 radical (unpaired) electrons. The molecule has 0 aromatic heterocycles. The Hall–Kier alpha value is -0.420. The predicted molar refractivity (Wildman–Crippen MR) is 139 cm³/mol. The van der Waals surface area contributed by atoms with E-state index in [2.05, 4.69) is 13.8 Å². The maximum atomic E-state index is 11.8. The summed E-state index contributed by atoms with van der Waals surface area (Å²) >= 11 is 0. The zero-order valence-corrected chi connectivity index (χ0v) is 22.9. The normalized spacial score (nSPS) is 11.3. The van der Waals surface area contributed by atoms with Gasteiger partial charge in [0.2, 0.25) is 0 Å². The van der Waals surface area contributed by atoms with Crippen molar-refractivity contribution >= 4 is 13.8 Å². The third-order valence-corrected chi connectivity index (χ3v) is 6.52. The molecule has 0 spiro atoms. The molecule has 0 bridgehead atoms. The van der Waals surface area contributed by atoms with Gasteiger partial charge < -0.3 is 10.00 Å². The van der Waals surface area contributed by atoms with Gasteiger partial charge in [0.15, 0.2) is 0 Å². The first-order valence-electron chi connectivity index (χ1n) is 13.7. The van der Waals surface area contributed by atoms with E-state index in [1.54, 1.807) is 0 Å². The fourth-order valence-corrected chi connectivity index (χ4v) is 4.37. The van der Waals surface area contributed by atoms with E-state index in [9.17, 15) is 9.46 Å². The molecule has 7 heteroatoms. The molecular formula is C26H55O6P. The van der Waals surface area contributed by atoms with Crippen LogP contribution < -0.4 is 0 Å². The van der Waals surface area contributed by atoms with Crippen LogP contribution in [0.5, 0.6) is 0 Å². The largest absolute Gasteiger partial charge is 0.481 e. The Balaban J connectivity index is 0. The zero-order valence-electron chi connectivity index (χ0n) is 22.0. The van der Waals surface area contributed by atoms with E-state index in [0.29, 0.717) is 13.2 Å². The van der Waals surface area contributed by atoms with Crippen molar-refractivity contribution in [2.24, 2.45) is 0 Å². The lowest BCUT2D eigenvalue weighted by atomic mass is 10.1. The van der Waals surface area contributed by atoms with Crippen LogP contribution in [0.25, 0.3) is 0 Å². The lowest BCUT2D eigenvalue weighted by Crippen LogP contribution is -1.99. The van der Waals surface area contributed by atoms with Crippen molar-refractivity contribution in [3.05, 3.63) is 0 Å². The fourth-order valence-electron chi connectivity index (χ4n) is 3.58. The minimum absolute atomic E-state index is 0.322. The monoisotopic (exact) mass is 494 g/mol.